The first-order valence-electron chi connectivity index (χ1n) is 13.0. The van der Waals surface area contributed by atoms with Crippen LogP contribution in [0.25, 0.3) is 15.7 Å². The van der Waals surface area contributed by atoms with Crippen molar-refractivity contribution in [1.29, 1.82) is 0 Å². The summed E-state index contributed by atoms with van der Waals surface area (Å²) in [6, 6.07) is 4.40. The topological polar surface area (TPSA) is 111 Å². The number of hydrogen-bond donors (Lipinski definition) is 1. The summed E-state index contributed by atoms with van der Waals surface area (Å²) in [5.41, 5.74) is 0.993. The van der Waals surface area contributed by atoms with E-state index < -0.39 is 27.1 Å². The molecule has 0 amide bonds. The van der Waals surface area contributed by atoms with Crippen molar-refractivity contribution < 1.29 is 17.9 Å². The van der Waals surface area contributed by atoms with E-state index in [2.05, 4.69) is 26.8 Å². The molecule has 0 aliphatic carbocycles. The van der Waals surface area contributed by atoms with Gasteiger partial charge in [0.05, 0.1) is 5.75 Å². The van der Waals surface area contributed by atoms with E-state index in [9.17, 15) is 22.7 Å². The normalized spacial score (nSPS) is 18.6. The Morgan fingerprint density at radius 3 is 2.60 bits per heavy atom. The second-order valence-electron chi connectivity index (χ2n) is 10.3. The van der Waals surface area contributed by atoms with Crippen LogP contribution in [-0.2, 0) is 29.5 Å². The lowest BCUT2D eigenvalue weighted by Gasteiger charge is -2.31. The van der Waals surface area contributed by atoms with Crippen LogP contribution in [0.3, 0.4) is 0 Å². The quantitative estimate of drug-likeness (QED) is 0.343. The molecule has 40 heavy (non-hydrogen) atoms. The zero-order valence-electron chi connectivity index (χ0n) is 21.9. The Hall–Kier alpha value is -2.75. The van der Waals surface area contributed by atoms with E-state index in [0.717, 1.165) is 48.0 Å². The minimum Gasteiger partial charge on any atom is -0.501 e. The first kappa shape index (κ1) is 27.4. The highest BCUT2D eigenvalue weighted by Gasteiger charge is 2.29. The van der Waals surface area contributed by atoms with Gasteiger partial charge in [0.15, 0.2) is 4.96 Å². The van der Waals surface area contributed by atoms with E-state index >= 15 is 0 Å². The predicted octanol–water partition coefficient (Wildman–Crippen LogP) is 2.60. The molecule has 0 bridgehead atoms. The SMILES string of the molecule is CN1CCN(Cc2cn3c(=O)c(O)c(-c4ncc(Cc5ccc(F)cc5CN5CCCS5(=O)=O)s4)nc3s2)CC1. The zero-order valence-corrected chi connectivity index (χ0v) is 24.4. The smallest absolute Gasteiger partial charge is 0.301 e. The van der Waals surface area contributed by atoms with Gasteiger partial charge in [-0.2, -0.15) is 4.31 Å². The molecule has 0 saturated carbocycles. The maximum atomic E-state index is 14.1. The van der Waals surface area contributed by atoms with Gasteiger partial charge in [0.1, 0.15) is 16.5 Å². The first-order chi connectivity index (χ1) is 19.2. The largest absolute Gasteiger partial charge is 0.501 e. The molecule has 0 unspecified atom stereocenters. The number of halogens is 1. The fourth-order valence-electron chi connectivity index (χ4n) is 5.09. The Balaban J connectivity index is 1.24. The standard InChI is InChI=1S/C26H29FN6O4S3/c1-30-6-8-31(9-7-30)15-21-16-33-25(35)23(34)22(29-26(33)39-21)24-28-13-20(38-24)12-17-3-4-19(27)11-18(17)14-32-5-2-10-40(32,36)37/h3-4,11,13,16,34H,2,5-10,12,14-15H2,1H3. The summed E-state index contributed by atoms with van der Waals surface area (Å²) in [4.78, 5) is 29.0. The summed E-state index contributed by atoms with van der Waals surface area (Å²) >= 11 is 2.71. The highest BCUT2D eigenvalue weighted by molar-refractivity contribution is 7.89. The summed E-state index contributed by atoms with van der Waals surface area (Å²) in [6.07, 6.45) is 4.36. The Labute approximate surface area is 239 Å². The molecule has 1 N–H and O–H groups in total. The number of piperazine rings is 1. The highest BCUT2D eigenvalue weighted by atomic mass is 32.2. The third-order valence-electron chi connectivity index (χ3n) is 7.37. The maximum Gasteiger partial charge on any atom is 0.301 e. The average molecular weight is 605 g/mol. The molecule has 6 rings (SSSR count). The zero-order chi connectivity index (χ0) is 28.0. The Kier molecular flexibility index (Phi) is 7.48. The van der Waals surface area contributed by atoms with Crippen molar-refractivity contribution in [2.75, 3.05) is 45.5 Å². The fourth-order valence-corrected chi connectivity index (χ4v) is 8.52. The van der Waals surface area contributed by atoms with Gasteiger partial charge in [0, 0.05) is 74.4 Å². The number of hydrogen-bond acceptors (Lipinski definition) is 10. The molecule has 2 aliphatic rings. The van der Waals surface area contributed by atoms with Crippen LogP contribution in [0, 0.1) is 5.82 Å². The van der Waals surface area contributed by atoms with Crippen molar-refractivity contribution in [3.8, 4) is 16.5 Å². The van der Waals surface area contributed by atoms with Gasteiger partial charge >= 0.3 is 5.56 Å². The van der Waals surface area contributed by atoms with E-state index in [4.69, 9.17) is 0 Å². The number of aromatic hydroxyl groups is 1. The van der Waals surface area contributed by atoms with Crippen LogP contribution >= 0.6 is 22.7 Å². The van der Waals surface area contributed by atoms with Gasteiger partial charge in [-0.1, -0.05) is 17.4 Å². The van der Waals surface area contributed by atoms with Crippen molar-refractivity contribution in [3.63, 3.8) is 0 Å². The number of aromatic nitrogens is 3. The molecule has 14 heteroatoms. The summed E-state index contributed by atoms with van der Waals surface area (Å²) in [7, 11) is -1.22. The molecule has 2 saturated heterocycles. The lowest BCUT2D eigenvalue weighted by molar-refractivity contribution is 0.149. The van der Waals surface area contributed by atoms with Crippen LogP contribution in [0.5, 0.6) is 5.75 Å². The molecule has 3 aromatic heterocycles. The molecule has 212 valence electrons. The molecule has 1 aromatic carbocycles. The summed E-state index contributed by atoms with van der Waals surface area (Å²) in [5.74, 6) is -0.770. The number of nitrogens with zero attached hydrogens (tertiary/aromatic N) is 6. The monoisotopic (exact) mass is 604 g/mol. The van der Waals surface area contributed by atoms with Crippen LogP contribution < -0.4 is 5.56 Å². The number of thiazole rings is 2. The van der Waals surface area contributed by atoms with Crippen LogP contribution in [0.15, 0.2) is 35.4 Å². The number of benzene rings is 1. The molecular weight excluding hydrogens is 576 g/mol. The van der Waals surface area contributed by atoms with Crippen molar-refractivity contribution >= 4 is 37.7 Å². The van der Waals surface area contributed by atoms with Gasteiger partial charge < -0.3 is 10.0 Å². The van der Waals surface area contributed by atoms with Crippen LogP contribution in [-0.4, -0.2) is 87.5 Å². The Morgan fingerprint density at radius 2 is 1.85 bits per heavy atom. The molecule has 0 radical (unpaired) electrons. The molecule has 2 aliphatic heterocycles. The van der Waals surface area contributed by atoms with Gasteiger partial charge in [-0.25, -0.2) is 22.8 Å². The molecular formula is C26H29FN6O4S3. The predicted molar refractivity (Wildman–Crippen MR) is 153 cm³/mol. The van der Waals surface area contributed by atoms with E-state index in [-0.39, 0.29) is 18.0 Å². The summed E-state index contributed by atoms with van der Waals surface area (Å²) < 4.78 is 41.5. The third-order valence-corrected chi connectivity index (χ3v) is 11.2. The van der Waals surface area contributed by atoms with Gasteiger partial charge in [-0.3, -0.25) is 14.1 Å². The number of fused-ring (bicyclic) bond motifs is 1. The lowest BCUT2D eigenvalue weighted by Crippen LogP contribution is -2.43. The van der Waals surface area contributed by atoms with E-state index in [1.807, 2.05) is 0 Å². The maximum absolute atomic E-state index is 14.1. The number of rotatable bonds is 7. The van der Waals surface area contributed by atoms with Gasteiger partial charge in [-0.15, -0.1) is 11.3 Å². The molecule has 0 spiro atoms. The molecule has 10 nitrogen and oxygen atoms in total. The van der Waals surface area contributed by atoms with Gasteiger partial charge in [-0.05, 0) is 36.7 Å². The van der Waals surface area contributed by atoms with Crippen molar-refractivity contribution in [2.45, 2.75) is 25.9 Å². The summed E-state index contributed by atoms with van der Waals surface area (Å²) in [6.45, 7) is 5.16. The van der Waals surface area contributed by atoms with E-state index in [0.29, 0.717) is 34.9 Å². The molecule has 0 atom stereocenters. The number of sulfonamides is 1. The van der Waals surface area contributed by atoms with E-state index in [1.54, 1.807) is 18.5 Å². The van der Waals surface area contributed by atoms with Crippen molar-refractivity contribution in [1.82, 2.24) is 28.5 Å². The van der Waals surface area contributed by atoms with Crippen molar-refractivity contribution in [2.24, 2.45) is 0 Å². The minimum atomic E-state index is -3.33. The second kappa shape index (κ2) is 10.9. The second-order valence-corrected chi connectivity index (χ2v) is 14.6. The van der Waals surface area contributed by atoms with E-state index in [1.165, 1.54) is 43.5 Å². The number of likely N-dealkylation sites (N-methyl/N-ethyl adjacent to an activating group) is 1. The molecule has 5 heterocycles. The lowest BCUT2D eigenvalue weighted by atomic mass is 10.0. The first-order valence-corrected chi connectivity index (χ1v) is 16.3. The summed E-state index contributed by atoms with van der Waals surface area (Å²) in [5, 5.41) is 11.2. The minimum absolute atomic E-state index is 0.109. The Bertz CT molecular complexity index is 1730. The van der Waals surface area contributed by atoms with Gasteiger partial charge in [0.2, 0.25) is 15.8 Å². The van der Waals surface area contributed by atoms with Gasteiger partial charge in [0.25, 0.3) is 0 Å². The average Bonchev–Trinajstić information content (AvgIpc) is 3.63. The fraction of sp³-hybridized carbons (Fsp3) is 0.423. The van der Waals surface area contributed by atoms with Crippen LogP contribution in [0.4, 0.5) is 4.39 Å². The molecule has 2 fully saturated rings. The third kappa shape index (κ3) is 5.56. The van der Waals surface area contributed by atoms with Crippen LogP contribution in [0.2, 0.25) is 0 Å². The van der Waals surface area contributed by atoms with Crippen molar-refractivity contribution in [3.05, 3.63) is 67.6 Å². The van der Waals surface area contributed by atoms with Crippen LogP contribution in [0.1, 0.15) is 27.3 Å². The highest BCUT2D eigenvalue weighted by Crippen LogP contribution is 2.32. The Morgan fingerprint density at radius 1 is 1.05 bits per heavy atom. The molecule has 4 aromatic rings.